The Morgan fingerprint density at radius 2 is 1.41 bits per heavy atom. The van der Waals surface area contributed by atoms with E-state index >= 15 is 0 Å². The molecule has 0 amide bonds. The quantitative estimate of drug-likeness (QED) is 0.492. The first-order valence-corrected chi connectivity index (χ1v) is 10.1. The predicted molar refractivity (Wildman–Crippen MR) is 102 cm³/mol. The van der Waals surface area contributed by atoms with Crippen LogP contribution in [0.2, 0.25) is 0 Å². The second kappa shape index (κ2) is 9.50. The lowest BCUT2D eigenvalue weighted by molar-refractivity contribution is -0.274. The molecule has 0 heterocycles. The average molecular weight is 398 g/mol. The fraction of sp³-hybridized carbons (Fsp3) is 0.400. The van der Waals surface area contributed by atoms with Crippen molar-refractivity contribution in [3.63, 3.8) is 0 Å². The summed E-state index contributed by atoms with van der Waals surface area (Å²) >= 11 is 0. The molecule has 0 aliphatic rings. The number of hydrogen-bond acceptors (Lipinski definition) is 3. The van der Waals surface area contributed by atoms with Crippen molar-refractivity contribution in [3.8, 4) is 11.1 Å². The molecule has 2 aromatic carbocycles. The molecular formula is C20H25F3O3Si. The van der Waals surface area contributed by atoms with Gasteiger partial charge in [-0.25, -0.2) is 0 Å². The monoisotopic (exact) mass is 398 g/mol. The summed E-state index contributed by atoms with van der Waals surface area (Å²) in [6.07, 6.45) is -4.39. The Bertz CT molecular complexity index is 705. The molecule has 0 aromatic heterocycles. The summed E-state index contributed by atoms with van der Waals surface area (Å²) in [4.78, 5) is 0. The summed E-state index contributed by atoms with van der Waals surface area (Å²) in [7, 11) is -1.10. The highest BCUT2D eigenvalue weighted by Gasteiger charge is 2.30. The summed E-state index contributed by atoms with van der Waals surface area (Å²) in [6.45, 7) is 6.92. The molecule has 0 radical (unpaired) electrons. The van der Waals surface area contributed by atoms with Crippen molar-refractivity contribution in [2.75, 3.05) is 0 Å². The maximum Gasteiger partial charge on any atom is 0.416 e. The summed E-state index contributed by atoms with van der Waals surface area (Å²) in [5.74, 6) is 0. The zero-order valence-electron chi connectivity index (χ0n) is 15.9. The fourth-order valence-corrected chi connectivity index (χ4v) is 3.30. The number of halogens is 3. The highest BCUT2D eigenvalue weighted by atomic mass is 28.2. The lowest BCUT2D eigenvalue weighted by atomic mass is 10.0. The maximum atomic E-state index is 12.9. The maximum absolute atomic E-state index is 12.9. The Hall–Kier alpha value is -1.67. The normalized spacial score (nSPS) is 12.8. The molecule has 2 aromatic rings. The minimum absolute atomic E-state index is 0.0222. The molecule has 0 spiro atoms. The van der Waals surface area contributed by atoms with E-state index < -0.39 is 28.0 Å². The first-order chi connectivity index (χ1) is 12.6. The van der Waals surface area contributed by atoms with Crippen molar-refractivity contribution < 1.29 is 27.1 Å². The van der Waals surface area contributed by atoms with Crippen LogP contribution in [-0.4, -0.2) is 28.4 Å². The van der Waals surface area contributed by atoms with E-state index in [4.69, 9.17) is 13.9 Å². The van der Waals surface area contributed by atoms with E-state index in [2.05, 4.69) is 0 Å². The average Bonchev–Trinajstić information content (AvgIpc) is 2.58. The zero-order chi connectivity index (χ0) is 20.0. The van der Waals surface area contributed by atoms with Crippen LogP contribution < -0.4 is 5.19 Å². The molecule has 0 bridgehead atoms. The minimum Gasteiger partial charge on any atom is -0.373 e. The third-order valence-electron chi connectivity index (χ3n) is 3.63. The van der Waals surface area contributed by atoms with Crippen molar-refractivity contribution in [2.45, 2.75) is 52.6 Å². The number of hydrogen-bond donors (Lipinski definition) is 0. The van der Waals surface area contributed by atoms with Gasteiger partial charge in [-0.1, -0.05) is 36.4 Å². The van der Waals surface area contributed by atoms with Gasteiger partial charge in [-0.05, 0) is 56.1 Å². The van der Waals surface area contributed by atoms with E-state index in [1.54, 1.807) is 6.07 Å². The number of alkyl halides is 3. The lowest BCUT2D eigenvalue weighted by Crippen LogP contribution is -2.32. The first kappa shape index (κ1) is 21.6. The van der Waals surface area contributed by atoms with Crippen LogP contribution in [0.4, 0.5) is 13.2 Å². The van der Waals surface area contributed by atoms with Crippen molar-refractivity contribution in [3.05, 3.63) is 54.1 Å². The molecule has 27 heavy (non-hydrogen) atoms. The third-order valence-corrected chi connectivity index (χ3v) is 4.87. The molecule has 0 aliphatic heterocycles. The Kier molecular flexibility index (Phi) is 7.61. The van der Waals surface area contributed by atoms with Crippen molar-refractivity contribution >= 4 is 14.9 Å². The highest BCUT2D eigenvalue weighted by Crippen LogP contribution is 2.31. The van der Waals surface area contributed by atoms with Gasteiger partial charge in [0.05, 0.1) is 17.8 Å². The van der Waals surface area contributed by atoms with E-state index in [1.807, 2.05) is 52.0 Å². The molecule has 0 fully saturated rings. The number of benzene rings is 2. The van der Waals surface area contributed by atoms with Crippen LogP contribution in [-0.2, 0) is 20.1 Å². The number of rotatable bonds is 8. The molecule has 0 N–H and O–H groups in total. The van der Waals surface area contributed by atoms with Gasteiger partial charge in [-0.15, -0.1) is 0 Å². The predicted octanol–water partition coefficient (Wildman–Crippen LogP) is 4.23. The topological polar surface area (TPSA) is 27.7 Å². The van der Waals surface area contributed by atoms with Crippen LogP contribution in [0.1, 0.15) is 33.3 Å². The van der Waals surface area contributed by atoms with Crippen LogP contribution in [0, 0.1) is 0 Å². The van der Waals surface area contributed by atoms with Gasteiger partial charge in [0.25, 0.3) is 6.48 Å². The van der Waals surface area contributed by atoms with E-state index in [0.29, 0.717) is 5.56 Å². The number of ether oxygens (including phenoxy) is 2. The largest absolute Gasteiger partial charge is 0.416 e. The van der Waals surface area contributed by atoms with Crippen molar-refractivity contribution in [1.82, 2.24) is 0 Å². The second-order valence-corrected chi connectivity index (χ2v) is 8.18. The standard InChI is InChI=1S/C20H25F3O3Si/c1-13(2)24-19(25-14(3)4)26-27-18-10-8-15(9-11-18)16-6-5-7-17(12-16)20(21,22)23/h5-14,19H,27H2,1-4H3. The van der Waals surface area contributed by atoms with Gasteiger partial charge in [0.15, 0.2) is 9.76 Å². The van der Waals surface area contributed by atoms with Crippen molar-refractivity contribution in [2.24, 2.45) is 0 Å². The molecular weight excluding hydrogens is 373 g/mol. The molecule has 0 unspecified atom stereocenters. The summed E-state index contributed by atoms with van der Waals surface area (Å²) in [6, 6.07) is 12.7. The first-order valence-electron chi connectivity index (χ1n) is 8.84. The van der Waals surface area contributed by atoms with Gasteiger partial charge in [0.1, 0.15) is 0 Å². The molecule has 2 rings (SSSR count). The molecule has 148 valence electrons. The molecule has 7 heteroatoms. The molecule has 0 saturated heterocycles. The summed E-state index contributed by atoms with van der Waals surface area (Å²) < 4.78 is 55.6. The lowest BCUT2D eigenvalue weighted by Gasteiger charge is -2.23. The smallest absolute Gasteiger partial charge is 0.373 e. The van der Waals surface area contributed by atoms with Gasteiger partial charge in [-0.2, -0.15) is 13.2 Å². The molecule has 3 nitrogen and oxygen atoms in total. The van der Waals surface area contributed by atoms with Gasteiger partial charge in [0, 0.05) is 0 Å². The van der Waals surface area contributed by atoms with Crippen LogP contribution >= 0.6 is 0 Å². The summed E-state index contributed by atoms with van der Waals surface area (Å²) in [5.41, 5.74) is 0.608. The fourth-order valence-electron chi connectivity index (χ4n) is 2.39. The Morgan fingerprint density at radius 3 is 1.93 bits per heavy atom. The van der Waals surface area contributed by atoms with Gasteiger partial charge in [0.2, 0.25) is 0 Å². The van der Waals surface area contributed by atoms with E-state index in [-0.39, 0.29) is 12.2 Å². The van der Waals surface area contributed by atoms with E-state index in [1.165, 1.54) is 6.07 Å². The van der Waals surface area contributed by atoms with Crippen molar-refractivity contribution in [1.29, 1.82) is 0 Å². The Labute approximate surface area is 160 Å². The zero-order valence-corrected chi connectivity index (χ0v) is 17.3. The van der Waals surface area contributed by atoms with Crippen LogP contribution in [0.15, 0.2) is 48.5 Å². The van der Waals surface area contributed by atoms with Gasteiger partial charge < -0.3 is 13.9 Å². The van der Waals surface area contributed by atoms with Gasteiger partial charge in [-0.3, -0.25) is 0 Å². The SMILES string of the molecule is CC(C)OC(O[SiH2]c1ccc(-c2cccc(C(F)(F)F)c2)cc1)OC(C)C. The van der Waals surface area contributed by atoms with Gasteiger partial charge >= 0.3 is 6.18 Å². The molecule has 0 atom stereocenters. The Balaban J connectivity index is 2.04. The molecule has 0 saturated carbocycles. The van der Waals surface area contributed by atoms with E-state index in [0.717, 1.165) is 22.9 Å². The highest BCUT2D eigenvalue weighted by molar-refractivity contribution is 6.46. The van der Waals surface area contributed by atoms with Crippen LogP contribution in [0.3, 0.4) is 0 Å². The molecule has 0 aliphatic carbocycles. The second-order valence-electron chi connectivity index (χ2n) is 6.74. The van der Waals surface area contributed by atoms with Crippen LogP contribution in [0.25, 0.3) is 11.1 Å². The minimum atomic E-state index is -4.35. The third kappa shape index (κ3) is 7.10. The summed E-state index contributed by atoms with van der Waals surface area (Å²) in [5, 5.41) is 1.01. The van der Waals surface area contributed by atoms with E-state index in [9.17, 15) is 13.2 Å². The Morgan fingerprint density at radius 1 is 0.815 bits per heavy atom. The van der Waals surface area contributed by atoms with Crippen LogP contribution in [0.5, 0.6) is 0 Å².